The third-order valence-corrected chi connectivity index (χ3v) is 3.90. The molecule has 0 saturated heterocycles. The van der Waals surface area contributed by atoms with E-state index in [1.807, 2.05) is 12.4 Å². The van der Waals surface area contributed by atoms with E-state index in [1.54, 1.807) is 0 Å². The largest absolute Gasteiger partial charge is 0.330 e. The van der Waals surface area contributed by atoms with Crippen molar-refractivity contribution in [3.8, 4) is 0 Å². The molecule has 7 heteroatoms. The molecular formula is C18H31ClN6. The van der Waals surface area contributed by atoms with Crippen LogP contribution in [0.25, 0.3) is 0 Å². The average Bonchev–Trinajstić information content (AvgIpc) is 3.09. The summed E-state index contributed by atoms with van der Waals surface area (Å²) in [6.07, 6.45) is 3.93. The first-order valence-electron chi connectivity index (χ1n) is 8.80. The number of halogens is 1. The van der Waals surface area contributed by atoms with Crippen LogP contribution in [-0.4, -0.2) is 19.1 Å². The van der Waals surface area contributed by atoms with Gasteiger partial charge in [-0.3, -0.25) is 0 Å². The van der Waals surface area contributed by atoms with Gasteiger partial charge in [0.15, 0.2) is 11.6 Å². The molecule has 0 N–H and O–H groups in total. The summed E-state index contributed by atoms with van der Waals surface area (Å²) in [4.78, 5) is 9.23. The number of hydrogen-bond donors (Lipinski definition) is 0. The second kappa shape index (κ2) is 8.61. The third kappa shape index (κ3) is 4.91. The summed E-state index contributed by atoms with van der Waals surface area (Å²) >= 11 is 0. The van der Waals surface area contributed by atoms with Crippen LogP contribution in [-0.2, 0) is 0 Å². The minimum Gasteiger partial charge on any atom is -0.330 e. The van der Waals surface area contributed by atoms with Crippen LogP contribution >= 0.6 is 12.4 Å². The molecule has 140 valence electrons. The molecule has 0 aliphatic carbocycles. The molecule has 0 fully saturated rings. The fourth-order valence-electron chi connectivity index (χ4n) is 2.67. The van der Waals surface area contributed by atoms with Gasteiger partial charge in [-0.15, -0.1) is 22.6 Å². The van der Waals surface area contributed by atoms with Crippen molar-refractivity contribution in [2.24, 2.45) is 10.2 Å². The highest BCUT2D eigenvalue weighted by atomic mass is 35.5. The molecule has 6 nitrogen and oxygen atoms in total. The molecule has 0 radical (unpaired) electrons. The van der Waals surface area contributed by atoms with Gasteiger partial charge in [0.2, 0.25) is 0 Å². The van der Waals surface area contributed by atoms with E-state index in [-0.39, 0.29) is 12.4 Å². The maximum absolute atomic E-state index is 4.61. The Balaban J connectivity index is 0.00000312. The summed E-state index contributed by atoms with van der Waals surface area (Å²) in [5, 5.41) is 8.63. The van der Waals surface area contributed by atoms with Gasteiger partial charge >= 0.3 is 0 Å². The summed E-state index contributed by atoms with van der Waals surface area (Å²) in [5.41, 5.74) is 0. The van der Waals surface area contributed by atoms with E-state index < -0.39 is 0 Å². The van der Waals surface area contributed by atoms with Crippen molar-refractivity contribution >= 4 is 24.0 Å². The van der Waals surface area contributed by atoms with E-state index in [2.05, 4.69) is 84.7 Å². The van der Waals surface area contributed by atoms with Crippen LogP contribution in [0, 0.1) is 0 Å². The molecule has 0 unspecified atom stereocenters. The van der Waals surface area contributed by atoms with Gasteiger partial charge < -0.3 is 9.13 Å². The fraction of sp³-hybridized carbons (Fsp3) is 0.667. The van der Waals surface area contributed by atoms with Gasteiger partial charge in [-0.2, -0.15) is 0 Å². The third-order valence-electron chi connectivity index (χ3n) is 3.90. The SMILES string of the molecule is CC(C)c1nc(/N=N/c2cn(C(C)C)c(C(C)C)n2)cn1C(C)C.Cl. The Hall–Kier alpha value is -1.69. The maximum Gasteiger partial charge on any atom is 0.192 e. The number of azo groups is 1. The minimum absolute atomic E-state index is 0. The normalized spacial score (nSPS) is 12.2. The smallest absolute Gasteiger partial charge is 0.192 e. The molecule has 25 heavy (non-hydrogen) atoms. The predicted molar refractivity (Wildman–Crippen MR) is 105 cm³/mol. The Morgan fingerprint density at radius 3 is 1.20 bits per heavy atom. The summed E-state index contributed by atoms with van der Waals surface area (Å²) in [6.45, 7) is 17.1. The molecule has 0 saturated carbocycles. The van der Waals surface area contributed by atoms with Crippen molar-refractivity contribution in [1.29, 1.82) is 0 Å². The number of aromatic nitrogens is 4. The second-order valence-corrected chi connectivity index (χ2v) is 7.43. The number of imidazole rings is 2. The Morgan fingerprint density at radius 1 is 0.680 bits per heavy atom. The quantitative estimate of drug-likeness (QED) is 0.561. The second-order valence-electron chi connectivity index (χ2n) is 7.43. The minimum atomic E-state index is 0. The zero-order valence-electron chi connectivity index (χ0n) is 16.6. The van der Waals surface area contributed by atoms with E-state index in [4.69, 9.17) is 0 Å². The molecule has 2 aromatic rings. The molecular weight excluding hydrogens is 336 g/mol. The molecule has 2 heterocycles. The molecule has 0 aliphatic heterocycles. The van der Waals surface area contributed by atoms with Crippen LogP contribution in [0.4, 0.5) is 11.6 Å². The molecule has 0 aromatic carbocycles. The monoisotopic (exact) mass is 366 g/mol. The highest BCUT2D eigenvalue weighted by Crippen LogP contribution is 2.26. The van der Waals surface area contributed by atoms with Crippen LogP contribution in [0.2, 0.25) is 0 Å². The first-order chi connectivity index (χ1) is 11.2. The van der Waals surface area contributed by atoms with E-state index in [1.165, 1.54) is 0 Å². The first-order valence-corrected chi connectivity index (χ1v) is 8.80. The van der Waals surface area contributed by atoms with E-state index in [9.17, 15) is 0 Å². The topological polar surface area (TPSA) is 60.4 Å². The molecule has 0 spiro atoms. The number of nitrogens with zero attached hydrogens (tertiary/aromatic N) is 6. The molecule has 2 rings (SSSR count). The summed E-state index contributed by atoms with van der Waals surface area (Å²) < 4.78 is 4.32. The Labute approximate surface area is 157 Å². The van der Waals surface area contributed by atoms with Crippen molar-refractivity contribution in [3.63, 3.8) is 0 Å². The van der Waals surface area contributed by atoms with Crippen LogP contribution in [0.3, 0.4) is 0 Å². The summed E-state index contributed by atoms with van der Waals surface area (Å²) in [7, 11) is 0. The lowest BCUT2D eigenvalue weighted by Crippen LogP contribution is -2.06. The Bertz CT molecular complexity index is 598. The van der Waals surface area contributed by atoms with Crippen molar-refractivity contribution in [3.05, 3.63) is 24.0 Å². The Kier molecular flexibility index (Phi) is 7.35. The predicted octanol–water partition coefficient (Wildman–Crippen LogP) is 6.33. The van der Waals surface area contributed by atoms with Gasteiger partial charge in [-0.05, 0) is 27.7 Å². The lowest BCUT2D eigenvalue weighted by molar-refractivity contribution is 0.550. The molecule has 0 aliphatic rings. The van der Waals surface area contributed by atoms with Crippen molar-refractivity contribution in [2.45, 2.75) is 79.3 Å². The fourth-order valence-corrected chi connectivity index (χ4v) is 2.67. The van der Waals surface area contributed by atoms with Crippen molar-refractivity contribution in [1.82, 2.24) is 19.1 Å². The van der Waals surface area contributed by atoms with Crippen molar-refractivity contribution < 1.29 is 0 Å². The Morgan fingerprint density at radius 2 is 1.00 bits per heavy atom. The molecule has 2 aromatic heterocycles. The average molecular weight is 367 g/mol. The van der Waals surface area contributed by atoms with Crippen LogP contribution in [0.5, 0.6) is 0 Å². The number of hydrogen-bond acceptors (Lipinski definition) is 4. The van der Waals surface area contributed by atoms with E-state index in [0.717, 1.165) is 11.6 Å². The van der Waals surface area contributed by atoms with Gasteiger partial charge in [-0.1, -0.05) is 27.7 Å². The lowest BCUT2D eigenvalue weighted by atomic mass is 10.2. The summed E-state index contributed by atoms with van der Waals surface area (Å²) in [5.74, 6) is 4.05. The molecule has 0 bridgehead atoms. The first kappa shape index (κ1) is 21.4. The standard InChI is InChI=1S/C18H30N6.ClH/c1-11(2)17-19-15(9-23(17)13(5)6)21-22-16-10-24(14(7)8)18(20-16)12(3)4;/h9-14H,1-8H3;1H/b22-21+;. The zero-order valence-corrected chi connectivity index (χ0v) is 17.4. The van der Waals surface area contributed by atoms with E-state index >= 15 is 0 Å². The maximum atomic E-state index is 4.61. The van der Waals surface area contributed by atoms with Crippen LogP contribution < -0.4 is 0 Å². The zero-order chi connectivity index (χ0) is 18.0. The number of rotatable bonds is 6. The highest BCUT2D eigenvalue weighted by molar-refractivity contribution is 5.85. The van der Waals surface area contributed by atoms with Gasteiger partial charge in [0.25, 0.3) is 0 Å². The van der Waals surface area contributed by atoms with Gasteiger partial charge in [-0.25, -0.2) is 9.97 Å². The van der Waals surface area contributed by atoms with Crippen LogP contribution in [0.15, 0.2) is 22.6 Å². The molecule has 0 amide bonds. The van der Waals surface area contributed by atoms with Gasteiger partial charge in [0.05, 0.1) is 12.4 Å². The molecule has 0 atom stereocenters. The van der Waals surface area contributed by atoms with E-state index in [0.29, 0.717) is 35.6 Å². The van der Waals surface area contributed by atoms with Gasteiger partial charge in [0.1, 0.15) is 11.6 Å². The van der Waals surface area contributed by atoms with Crippen molar-refractivity contribution in [2.75, 3.05) is 0 Å². The lowest BCUT2D eigenvalue weighted by Gasteiger charge is -2.12. The highest BCUT2D eigenvalue weighted by Gasteiger charge is 2.15. The van der Waals surface area contributed by atoms with Gasteiger partial charge in [0, 0.05) is 23.9 Å². The van der Waals surface area contributed by atoms with Crippen LogP contribution in [0.1, 0.15) is 91.0 Å². The summed E-state index contributed by atoms with van der Waals surface area (Å²) in [6, 6.07) is 0.707.